The van der Waals surface area contributed by atoms with Crippen molar-refractivity contribution in [3.8, 4) is 5.75 Å². The van der Waals surface area contributed by atoms with Gasteiger partial charge in [0.05, 0.1) is 23.9 Å². The SMILES string of the molecule is C=CCN(c1ccccc1OCC)S(=O)(=O)c1cc(Cl)ccc1Cl. The Morgan fingerprint density at radius 3 is 2.58 bits per heavy atom. The third-order valence-corrected chi connectivity index (χ3v) is 5.69. The van der Waals surface area contributed by atoms with Gasteiger partial charge in [-0.2, -0.15) is 0 Å². The van der Waals surface area contributed by atoms with Crippen LogP contribution in [0.4, 0.5) is 5.69 Å². The van der Waals surface area contributed by atoms with Crippen molar-refractivity contribution in [1.82, 2.24) is 0 Å². The second-order valence-corrected chi connectivity index (χ2v) is 7.47. The van der Waals surface area contributed by atoms with Crippen LogP contribution in [-0.2, 0) is 10.0 Å². The van der Waals surface area contributed by atoms with Gasteiger partial charge in [0.25, 0.3) is 10.0 Å². The molecule has 0 saturated heterocycles. The van der Waals surface area contributed by atoms with Crippen molar-refractivity contribution in [2.75, 3.05) is 17.5 Å². The maximum Gasteiger partial charge on any atom is 0.266 e. The van der Waals surface area contributed by atoms with Crippen LogP contribution in [0.3, 0.4) is 0 Å². The summed E-state index contributed by atoms with van der Waals surface area (Å²) in [5.41, 5.74) is 0.412. The van der Waals surface area contributed by atoms with Crippen LogP contribution in [0.2, 0.25) is 10.0 Å². The molecule has 2 aromatic carbocycles. The Labute approximate surface area is 152 Å². The van der Waals surface area contributed by atoms with Gasteiger partial charge in [0, 0.05) is 5.02 Å². The minimum absolute atomic E-state index is 0.0647. The number of nitrogens with zero attached hydrogens (tertiary/aromatic N) is 1. The average Bonchev–Trinajstić information content (AvgIpc) is 2.56. The highest BCUT2D eigenvalue weighted by atomic mass is 35.5. The molecule has 24 heavy (non-hydrogen) atoms. The molecule has 0 aliphatic heterocycles. The van der Waals surface area contributed by atoms with E-state index in [2.05, 4.69) is 6.58 Å². The Morgan fingerprint density at radius 2 is 1.92 bits per heavy atom. The Hall–Kier alpha value is -1.69. The van der Waals surface area contributed by atoms with E-state index in [-0.39, 0.29) is 21.5 Å². The van der Waals surface area contributed by atoms with Crippen LogP contribution in [0, 0.1) is 0 Å². The van der Waals surface area contributed by atoms with Crippen molar-refractivity contribution in [3.63, 3.8) is 0 Å². The van der Waals surface area contributed by atoms with Crippen molar-refractivity contribution in [2.45, 2.75) is 11.8 Å². The van der Waals surface area contributed by atoms with Crippen LogP contribution in [-0.4, -0.2) is 21.6 Å². The van der Waals surface area contributed by atoms with Crippen LogP contribution >= 0.6 is 23.2 Å². The van der Waals surface area contributed by atoms with Crippen molar-refractivity contribution in [2.24, 2.45) is 0 Å². The molecule has 0 atom stereocenters. The molecule has 0 amide bonds. The first kappa shape index (κ1) is 18.6. The van der Waals surface area contributed by atoms with Gasteiger partial charge in [0.1, 0.15) is 10.6 Å². The second kappa shape index (κ2) is 7.92. The summed E-state index contributed by atoms with van der Waals surface area (Å²) in [4.78, 5) is -0.0650. The fourth-order valence-electron chi connectivity index (χ4n) is 2.18. The lowest BCUT2D eigenvalue weighted by atomic mass is 10.3. The Bertz CT molecular complexity index is 837. The van der Waals surface area contributed by atoms with E-state index in [1.807, 2.05) is 6.92 Å². The molecule has 0 radical (unpaired) electrons. The van der Waals surface area contributed by atoms with Gasteiger partial charge < -0.3 is 4.74 Å². The van der Waals surface area contributed by atoms with Crippen molar-refractivity contribution in [1.29, 1.82) is 0 Å². The molecule has 0 spiro atoms. The molecule has 0 fully saturated rings. The first-order valence-electron chi connectivity index (χ1n) is 7.22. The molecule has 0 saturated carbocycles. The third-order valence-electron chi connectivity index (χ3n) is 3.19. The summed E-state index contributed by atoms with van der Waals surface area (Å²) in [5.74, 6) is 0.462. The number of halogens is 2. The van der Waals surface area contributed by atoms with Gasteiger partial charge in [-0.25, -0.2) is 8.42 Å². The maximum absolute atomic E-state index is 13.1. The Kier molecular flexibility index (Phi) is 6.15. The molecular formula is C17H17Cl2NO3S. The largest absolute Gasteiger partial charge is 0.492 e. The van der Waals surface area contributed by atoms with Gasteiger partial charge in [-0.15, -0.1) is 6.58 Å². The summed E-state index contributed by atoms with van der Waals surface area (Å²) < 4.78 is 33.0. The van der Waals surface area contributed by atoms with Gasteiger partial charge in [0.15, 0.2) is 0 Å². The second-order valence-electron chi connectivity index (χ2n) is 4.80. The maximum atomic E-state index is 13.1. The molecule has 0 aromatic heterocycles. The zero-order valence-electron chi connectivity index (χ0n) is 13.1. The van der Waals surface area contributed by atoms with Gasteiger partial charge >= 0.3 is 0 Å². The number of ether oxygens (including phenoxy) is 1. The first-order valence-corrected chi connectivity index (χ1v) is 9.42. The van der Waals surface area contributed by atoms with E-state index in [0.29, 0.717) is 18.0 Å². The molecule has 0 aliphatic carbocycles. The van der Waals surface area contributed by atoms with Crippen LogP contribution in [0.5, 0.6) is 5.75 Å². The predicted octanol–water partition coefficient (Wildman–Crippen LogP) is 4.77. The molecule has 0 N–H and O–H groups in total. The minimum Gasteiger partial charge on any atom is -0.492 e. The summed E-state index contributed by atoms with van der Waals surface area (Å²) in [6.07, 6.45) is 1.50. The molecular weight excluding hydrogens is 369 g/mol. The molecule has 7 heteroatoms. The minimum atomic E-state index is -3.94. The van der Waals surface area contributed by atoms with Gasteiger partial charge in [-0.05, 0) is 37.3 Å². The van der Waals surface area contributed by atoms with Gasteiger partial charge in [0.2, 0.25) is 0 Å². The molecule has 4 nitrogen and oxygen atoms in total. The standard InChI is InChI=1S/C17H17Cl2NO3S/c1-3-11-20(15-7-5-6-8-16(15)23-4-2)24(21,22)17-12-13(18)9-10-14(17)19/h3,5-10,12H,1,4,11H2,2H3. The lowest BCUT2D eigenvalue weighted by molar-refractivity contribution is 0.341. The Morgan fingerprint density at radius 1 is 1.21 bits per heavy atom. The number of para-hydroxylation sites is 2. The lowest BCUT2D eigenvalue weighted by Gasteiger charge is -2.25. The zero-order chi connectivity index (χ0) is 17.7. The summed E-state index contributed by atoms with van der Waals surface area (Å²) in [6, 6.07) is 11.2. The normalized spacial score (nSPS) is 11.1. The molecule has 2 aromatic rings. The fourth-order valence-corrected chi connectivity index (χ4v) is 4.36. The first-order chi connectivity index (χ1) is 11.4. The summed E-state index contributed by atoms with van der Waals surface area (Å²) in [5, 5.41) is 0.386. The number of hydrogen-bond acceptors (Lipinski definition) is 3. The summed E-state index contributed by atoms with van der Waals surface area (Å²) in [6.45, 7) is 5.95. The highest BCUT2D eigenvalue weighted by Gasteiger charge is 2.28. The molecule has 0 bridgehead atoms. The number of benzene rings is 2. The van der Waals surface area contributed by atoms with Crippen molar-refractivity contribution in [3.05, 3.63) is 65.2 Å². The van der Waals surface area contributed by atoms with E-state index in [1.165, 1.54) is 28.6 Å². The highest BCUT2D eigenvalue weighted by Crippen LogP contribution is 2.35. The number of rotatable bonds is 7. The monoisotopic (exact) mass is 385 g/mol. The topological polar surface area (TPSA) is 46.6 Å². The van der Waals surface area contributed by atoms with Crippen LogP contribution in [0.15, 0.2) is 60.0 Å². The number of anilines is 1. The van der Waals surface area contributed by atoms with E-state index in [9.17, 15) is 8.42 Å². The van der Waals surface area contributed by atoms with Crippen LogP contribution in [0.25, 0.3) is 0 Å². The van der Waals surface area contributed by atoms with E-state index < -0.39 is 10.0 Å². The van der Waals surface area contributed by atoms with Crippen molar-refractivity contribution < 1.29 is 13.2 Å². The third kappa shape index (κ3) is 3.86. The quantitative estimate of drug-likeness (QED) is 0.644. The summed E-state index contributed by atoms with van der Waals surface area (Å²) >= 11 is 12.0. The number of sulfonamides is 1. The van der Waals surface area contributed by atoms with E-state index in [4.69, 9.17) is 27.9 Å². The van der Waals surface area contributed by atoms with E-state index in [0.717, 1.165) is 0 Å². The van der Waals surface area contributed by atoms with Crippen LogP contribution < -0.4 is 9.04 Å². The smallest absolute Gasteiger partial charge is 0.266 e. The molecule has 2 rings (SSSR count). The highest BCUT2D eigenvalue weighted by molar-refractivity contribution is 7.93. The molecule has 128 valence electrons. The predicted molar refractivity (Wildman–Crippen MR) is 98.8 cm³/mol. The lowest BCUT2D eigenvalue weighted by Crippen LogP contribution is -2.31. The molecule has 0 aliphatic rings. The number of hydrogen-bond donors (Lipinski definition) is 0. The van der Waals surface area contributed by atoms with E-state index in [1.54, 1.807) is 24.3 Å². The Balaban J connectivity index is 2.62. The van der Waals surface area contributed by atoms with E-state index >= 15 is 0 Å². The van der Waals surface area contributed by atoms with Gasteiger partial charge in [-0.3, -0.25) is 4.31 Å². The molecule has 0 unspecified atom stereocenters. The molecule has 0 heterocycles. The average molecular weight is 386 g/mol. The van der Waals surface area contributed by atoms with Crippen molar-refractivity contribution >= 4 is 38.9 Å². The van der Waals surface area contributed by atoms with Gasteiger partial charge in [-0.1, -0.05) is 41.4 Å². The fraction of sp³-hybridized carbons (Fsp3) is 0.176. The summed E-state index contributed by atoms with van der Waals surface area (Å²) in [7, 11) is -3.94. The van der Waals surface area contributed by atoms with Crippen LogP contribution in [0.1, 0.15) is 6.92 Å². The zero-order valence-corrected chi connectivity index (χ0v) is 15.4.